The van der Waals surface area contributed by atoms with Crippen molar-refractivity contribution in [3.05, 3.63) is 0 Å². The average molecular weight is 254 g/mol. The van der Waals surface area contributed by atoms with Gasteiger partial charge in [-0.1, -0.05) is 13.3 Å². The molecule has 96 valence electrons. The fourth-order valence-corrected chi connectivity index (χ4v) is 1.34. The van der Waals surface area contributed by atoms with Crippen LogP contribution in [0, 0.1) is 5.41 Å². The summed E-state index contributed by atoms with van der Waals surface area (Å²) in [4.78, 5) is 9.00. The third-order valence-corrected chi connectivity index (χ3v) is 2.14. The lowest BCUT2D eigenvalue weighted by Gasteiger charge is -2.05. The Kier molecular flexibility index (Phi) is 9.51. The van der Waals surface area contributed by atoms with Crippen LogP contribution in [0.25, 0.3) is 0 Å². The van der Waals surface area contributed by atoms with Crippen LogP contribution >= 0.6 is 0 Å². The molecule has 0 atom stereocenters. The van der Waals surface area contributed by atoms with Crippen LogP contribution in [0.2, 0.25) is 0 Å². The number of nitrogens with one attached hydrogen (secondary N) is 3. The Labute approximate surface area is 94.9 Å². The second kappa shape index (κ2) is 8.92. The van der Waals surface area contributed by atoms with Gasteiger partial charge in [0.2, 0.25) is 5.96 Å². The maximum absolute atomic E-state index is 10.9. The van der Waals surface area contributed by atoms with E-state index in [4.69, 9.17) is 21.0 Å². The Morgan fingerprint density at radius 3 is 2.25 bits per heavy atom. The van der Waals surface area contributed by atoms with Crippen molar-refractivity contribution in [2.24, 2.45) is 5.73 Å². The molecule has 8 nitrogen and oxygen atoms in total. The fraction of sp³-hybridized carbons (Fsp3) is 0.714. The van der Waals surface area contributed by atoms with E-state index in [0.29, 0.717) is 6.54 Å². The highest BCUT2D eigenvalue weighted by molar-refractivity contribution is 7.88. The molecule has 16 heavy (non-hydrogen) atoms. The number of carboxylic acid groups (broad SMARTS) is 1. The van der Waals surface area contributed by atoms with Gasteiger partial charge in [0.25, 0.3) is 5.97 Å². The van der Waals surface area contributed by atoms with Gasteiger partial charge in [0.05, 0.1) is 0 Å². The number of carboxylic acids is 1. The number of rotatable bonds is 5. The van der Waals surface area contributed by atoms with E-state index in [-0.39, 0.29) is 0 Å². The third-order valence-electron chi connectivity index (χ3n) is 1.07. The van der Waals surface area contributed by atoms with E-state index in [2.05, 4.69) is 4.72 Å². The summed E-state index contributed by atoms with van der Waals surface area (Å²) in [6, 6.07) is 0. The van der Waals surface area contributed by atoms with Gasteiger partial charge in [-0.25, -0.2) is 4.72 Å². The van der Waals surface area contributed by atoms with Crippen molar-refractivity contribution in [2.45, 2.75) is 26.7 Å². The zero-order valence-electron chi connectivity index (χ0n) is 9.28. The molecule has 0 bridgehead atoms. The van der Waals surface area contributed by atoms with Crippen LogP contribution in [0.4, 0.5) is 0 Å². The Bertz CT molecular complexity index is 310. The quantitative estimate of drug-likeness (QED) is 0.247. The highest BCUT2D eigenvalue weighted by Crippen LogP contribution is 1.84. The highest BCUT2D eigenvalue weighted by Gasteiger charge is 2.07. The van der Waals surface area contributed by atoms with Gasteiger partial charge in [0, 0.05) is 13.5 Å². The second-order valence-electron chi connectivity index (χ2n) is 2.79. The van der Waals surface area contributed by atoms with Gasteiger partial charge < -0.3 is 10.8 Å². The molecule has 0 saturated carbocycles. The van der Waals surface area contributed by atoms with Gasteiger partial charge in [0.15, 0.2) is 0 Å². The first-order valence-corrected chi connectivity index (χ1v) is 6.00. The molecule has 0 aromatic rings. The lowest BCUT2D eigenvalue weighted by Crippen LogP contribution is -2.43. The van der Waals surface area contributed by atoms with E-state index >= 15 is 0 Å². The highest BCUT2D eigenvalue weighted by atomic mass is 32.2. The van der Waals surface area contributed by atoms with Crippen molar-refractivity contribution >= 4 is 22.1 Å². The van der Waals surface area contributed by atoms with E-state index in [1.165, 1.54) is 0 Å². The summed E-state index contributed by atoms with van der Waals surface area (Å²) in [5.41, 5.74) is 4.84. The molecule has 0 amide bonds. The summed E-state index contributed by atoms with van der Waals surface area (Å²) in [7, 11) is -3.60. The summed E-state index contributed by atoms with van der Waals surface area (Å²) in [5, 5.41) is 14.1. The molecule has 0 unspecified atom stereocenters. The smallest absolute Gasteiger partial charge is 0.301 e. The Morgan fingerprint density at radius 1 is 1.50 bits per heavy atom. The predicted octanol–water partition coefficient (Wildman–Crippen LogP) is -0.805. The van der Waals surface area contributed by atoms with Crippen molar-refractivity contribution in [2.75, 3.05) is 6.54 Å². The van der Waals surface area contributed by atoms with Crippen LogP contribution in [0.15, 0.2) is 0 Å². The standard InChI is InChI=1S/C5H14N4O2S.C2H4O2/c1-2-3-4-8-12(10,11)9-5(6)7;1-2(3)4/h8H,2-4H2,1H3,(H4,6,7,9);1H3,(H,3,4). The molecule has 0 heterocycles. The van der Waals surface area contributed by atoms with E-state index in [0.717, 1.165) is 19.8 Å². The molecule has 0 aromatic heterocycles. The molecule has 0 aromatic carbocycles. The second-order valence-corrected chi connectivity index (χ2v) is 4.29. The van der Waals surface area contributed by atoms with Crippen LogP contribution in [0.1, 0.15) is 26.7 Å². The number of guanidine groups is 1. The predicted molar refractivity (Wildman–Crippen MR) is 60.2 cm³/mol. The summed E-state index contributed by atoms with van der Waals surface area (Å²) >= 11 is 0. The Balaban J connectivity index is 0. The van der Waals surface area contributed by atoms with Crippen molar-refractivity contribution in [3.8, 4) is 0 Å². The summed E-state index contributed by atoms with van der Waals surface area (Å²) < 4.78 is 25.8. The topological polar surface area (TPSA) is 145 Å². The lowest BCUT2D eigenvalue weighted by molar-refractivity contribution is -0.134. The maximum Gasteiger partial charge on any atom is 0.301 e. The van der Waals surface area contributed by atoms with Crippen molar-refractivity contribution in [1.29, 1.82) is 5.41 Å². The molecule has 0 aliphatic heterocycles. The third kappa shape index (κ3) is 18.4. The first-order chi connectivity index (χ1) is 7.21. The van der Waals surface area contributed by atoms with Gasteiger partial charge in [-0.15, -0.1) is 0 Å². The first kappa shape index (κ1) is 17.1. The molecule has 0 aliphatic rings. The zero-order chi connectivity index (χ0) is 13.2. The molecular formula is C7H18N4O4S. The fourth-order valence-electron chi connectivity index (χ4n) is 0.564. The normalized spacial score (nSPS) is 9.88. The number of hydrogen-bond acceptors (Lipinski definition) is 4. The lowest BCUT2D eigenvalue weighted by atomic mass is 10.3. The van der Waals surface area contributed by atoms with Crippen LogP contribution in [-0.2, 0) is 15.0 Å². The molecule has 0 radical (unpaired) electrons. The number of carbonyl (C=O) groups is 1. The zero-order valence-corrected chi connectivity index (χ0v) is 10.1. The number of hydrogen-bond donors (Lipinski definition) is 5. The monoisotopic (exact) mass is 254 g/mol. The van der Waals surface area contributed by atoms with Crippen LogP contribution < -0.4 is 15.2 Å². The number of aliphatic carboxylic acids is 1. The van der Waals surface area contributed by atoms with E-state index in [1.54, 1.807) is 4.72 Å². The Morgan fingerprint density at radius 2 is 1.94 bits per heavy atom. The summed E-state index contributed by atoms with van der Waals surface area (Å²) in [5.74, 6) is -1.42. The summed E-state index contributed by atoms with van der Waals surface area (Å²) in [6.45, 7) is 3.39. The molecular weight excluding hydrogens is 236 g/mol. The molecule has 9 heteroatoms. The molecule has 0 spiro atoms. The van der Waals surface area contributed by atoms with Crippen LogP contribution in [0.3, 0.4) is 0 Å². The molecule has 0 fully saturated rings. The van der Waals surface area contributed by atoms with Gasteiger partial charge in [-0.2, -0.15) is 13.1 Å². The number of nitrogens with two attached hydrogens (primary N) is 1. The Hall–Kier alpha value is -1.35. The van der Waals surface area contributed by atoms with Crippen molar-refractivity contribution in [3.63, 3.8) is 0 Å². The van der Waals surface area contributed by atoms with Gasteiger partial charge in [-0.05, 0) is 6.42 Å². The van der Waals surface area contributed by atoms with Crippen LogP contribution in [0.5, 0.6) is 0 Å². The van der Waals surface area contributed by atoms with Gasteiger partial charge in [-0.3, -0.25) is 10.2 Å². The van der Waals surface area contributed by atoms with E-state index in [1.807, 2.05) is 6.92 Å². The minimum Gasteiger partial charge on any atom is -0.481 e. The molecule has 0 saturated heterocycles. The van der Waals surface area contributed by atoms with Gasteiger partial charge >= 0.3 is 10.2 Å². The first-order valence-electron chi connectivity index (χ1n) is 4.52. The minimum absolute atomic E-state index is 0.360. The average Bonchev–Trinajstić information content (AvgIpc) is 2.00. The minimum atomic E-state index is -3.60. The molecule has 0 rings (SSSR count). The van der Waals surface area contributed by atoms with Crippen molar-refractivity contribution < 1.29 is 18.3 Å². The SMILES string of the molecule is CC(=O)O.CCCCNS(=O)(=O)NC(=N)N. The van der Waals surface area contributed by atoms with Crippen molar-refractivity contribution in [1.82, 2.24) is 9.44 Å². The van der Waals surface area contributed by atoms with E-state index in [9.17, 15) is 8.42 Å². The molecule has 0 aliphatic carbocycles. The van der Waals surface area contributed by atoms with Crippen LogP contribution in [-0.4, -0.2) is 32.0 Å². The number of unbranched alkanes of at least 4 members (excludes halogenated alkanes) is 1. The molecule has 6 N–H and O–H groups in total. The van der Waals surface area contributed by atoms with E-state index < -0.39 is 22.1 Å². The van der Waals surface area contributed by atoms with Gasteiger partial charge in [0.1, 0.15) is 0 Å². The largest absolute Gasteiger partial charge is 0.481 e. The summed E-state index contributed by atoms with van der Waals surface area (Å²) in [6.07, 6.45) is 1.67. The maximum atomic E-state index is 10.9.